The first-order valence-electron chi connectivity index (χ1n) is 20.6. The summed E-state index contributed by atoms with van der Waals surface area (Å²) < 4.78 is 59.7. The number of ether oxygens (including phenoxy) is 1. The number of anilines is 1. The number of benzene rings is 4. The fraction of sp³-hybridized carbons (Fsp3) is 0.190. The number of nitrogens with one attached hydrogen (secondary N) is 2. The quantitative estimate of drug-likeness (QED) is 0.0203. The van der Waals surface area contributed by atoms with Crippen LogP contribution in [0.15, 0.2) is 94.7 Å². The molecule has 3 aromatic carbocycles. The molecule has 72 heavy (non-hydrogen) atoms. The number of aliphatic hydroxyl groups is 1. The highest BCUT2D eigenvalue weighted by Gasteiger charge is 2.43. The van der Waals surface area contributed by atoms with Crippen LogP contribution < -0.4 is 16.1 Å². The van der Waals surface area contributed by atoms with Crippen LogP contribution in [-0.4, -0.2) is 96.6 Å². The second-order valence-corrected chi connectivity index (χ2v) is 20.0. The van der Waals surface area contributed by atoms with Crippen LogP contribution in [0.3, 0.4) is 0 Å². The Morgan fingerprint density at radius 2 is 1.75 bits per heavy atom. The largest absolute Gasteiger partial charge is 0.508 e. The third kappa shape index (κ3) is 11.4. The van der Waals surface area contributed by atoms with Gasteiger partial charge in [0.15, 0.2) is 22.4 Å². The number of nitro benzene ring substituents is 1. The first kappa shape index (κ1) is 51.1. The van der Waals surface area contributed by atoms with E-state index in [4.69, 9.17) is 18.9 Å². The highest BCUT2D eigenvalue weighted by molar-refractivity contribution is 7.66. The molecular weight excluding hydrogens is 1020 g/mol. The molecule has 9 N–H and O–H groups in total. The molecule has 1 amide bonds. The summed E-state index contributed by atoms with van der Waals surface area (Å²) in [4.78, 5) is 99.3. The van der Waals surface area contributed by atoms with Gasteiger partial charge in [0.25, 0.3) is 11.6 Å². The Labute approximate surface area is 402 Å². The number of phosphoric acid groups is 3. The van der Waals surface area contributed by atoms with Crippen LogP contribution in [0.25, 0.3) is 44.6 Å². The summed E-state index contributed by atoms with van der Waals surface area (Å²) >= 11 is 0. The Morgan fingerprint density at radius 3 is 2.49 bits per heavy atom. The van der Waals surface area contributed by atoms with E-state index in [9.17, 15) is 63.3 Å². The molecule has 1 aliphatic carbocycles. The van der Waals surface area contributed by atoms with E-state index in [0.717, 1.165) is 6.33 Å². The van der Waals surface area contributed by atoms with Crippen molar-refractivity contribution < 1.29 is 85.4 Å². The SMILES string of the molecule is C[C@H](Nc1ncnc2c1ncn2[C@H]1CC(O)[C@@H](COP(=O)(O)OP(=O)(O)OP(=O)(O)O)O1)c1ccc(C#CCNC(=O)c2ccc(C(=O)O)c(-c3c4ccc(=O)cc-4oc4cc(O)ccc34)c2)cc1[N+](=O)[O-]. The molecule has 4 heterocycles. The van der Waals surface area contributed by atoms with Crippen molar-refractivity contribution in [3.8, 4) is 40.0 Å². The van der Waals surface area contributed by atoms with Crippen molar-refractivity contribution >= 4 is 69.0 Å². The third-order valence-electron chi connectivity index (χ3n) is 10.8. The average Bonchev–Trinajstić information content (AvgIpc) is 3.90. The molecule has 6 atom stereocenters. The molecule has 1 fully saturated rings. The molecule has 3 aliphatic rings. The number of phenols is 1. The minimum Gasteiger partial charge on any atom is -0.508 e. The Hall–Kier alpha value is -7.27. The van der Waals surface area contributed by atoms with E-state index in [2.05, 4.69) is 50.6 Å². The van der Waals surface area contributed by atoms with Gasteiger partial charge in [-0.3, -0.25) is 28.8 Å². The molecule has 3 unspecified atom stereocenters. The van der Waals surface area contributed by atoms with E-state index >= 15 is 0 Å². The minimum absolute atomic E-state index is 0.0558. The second-order valence-electron chi connectivity index (χ2n) is 15.6. The first-order valence-corrected chi connectivity index (χ1v) is 25.2. The molecule has 374 valence electrons. The number of aromatic hydroxyl groups is 1. The summed E-state index contributed by atoms with van der Waals surface area (Å²) in [6, 6.07) is 15.6. The van der Waals surface area contributed by atoms with Crippen molar-refractivity contribution in [2.45, 2.75) is 37.8 Å². The zero-order valence-electron chi connectivity index (χ0n) is 36.5. The van der Waals surface area contributed by atoms with Crippen LogP contribution in [0.4, 0.5) is 11.5 Å². The summed E-state index contributed by atoms with van der Waals surface area (Å²) in [5.74, 6) is 3.72. The van der Waals surface area contributed by atoms with Gasteiger partial charge in [0.2, 0.25) is 0 Å². The molecule has 5 aromatic rings. The molecule has 30 heteroatoms. The standard InChI is InChI=1S/C42H36N7O20P3/c1-21(47-39-38-40(45-19-44-39)48(20-46-38)36-17-32(52)35(67-36)18-65-71(61,62)69-72(63,64)68-70(58,59)60)26-8-4-22(13-31(26)49(56)57)3-2-12-43-41(53)23-5-9-27(42(54)55)30(14-23)37-28-10-6-24(50)15-33(28)66-34-16-25(51)7-11-29(34)37/h4-11,13-16,19-21,32,35-36,50,52H,12,17-18H2,1H3,(H,43,53)(H,54,55)(H,61,62)(H,63,64)(H,44,45,47)(H2,58,59,60)/t21-,32?,35+,36+/m0/s1. The van der Waals surface area contributed by atoms with Gasteiger partial charge >= 0.3 is 29.4 Å². The van der Waals surface area contributed by atoms with E-state index in [1.807, 2.05) is 0 Å². The van der Waals surface area contributed by atoms with Crippen molar-refractivity contribution in [2.75, 3.05) is 18.5 Å². The van der Waals surface area contributed by atoms with Crippen molar-refractivity contribution in [3.05, 3.63) is 128 Å². The molecule has 1 saturated heterocycles. The van der Waals surface area contributed by atoms with Crippen molar-refractivity contribution in [1.29, 1.82) is 0 Å². The van der Waals surface area contributed by atoms with E-state index in [1.165, 1.54) is 83.7 Å². The lowest BCUT2D eigenvalue weighted by molar-refractivity contribution is -0.385. The van der Waals surface area contributed by atoms with Crippen molar-refractivity contribution in [1.82, 2.24) is 24.8 Å². The highest BCUT2D eigenvalue weighted by Crippen LogP contribution is 2.66. The van der Waals surface area contributed by atoms with Crippen LogP contribution in [0.1, 0.15) is 57.5 Å². The van der Waals surface area contributed by atoms with Gasteiger partial charge in [-0.1, -0.05) is 11.8 Å². The number of rotatable bonds is 16. The van der Waals surface area contributed by atoms with E-state index in [0.29, 0.717) is 16.5 Å². The van der Waals surface area contributed by atoms with Crippen molar-refractivity contribution in [2.24, 2.45) is 0 Å². The number of carbonyl (C=O) groups excluding carboxylic acids is 1. The van der Waals surface area contributed by atoms with Crippen molar-refractivity contribution in [3.63, 3.8) is 0 Å². The molecule has 8 rings (SSSR count). The number of carbonyl (C=O) groups is 2. The maximum Gasteiger partial charge on any atom is 0.490 e. The lowest BCUT2D eigenvalue weighted by atomic mass is 9.89. The molecule has 0 spiro atoms. The summed E-state index contributed by atoms with van der Waals surface area (Å²) in [6.45, 7) is 0.478. The maximum absolute atomic E-state index is 13.4. The Morgan fingerprint density at radius 1 is 0.972 bits per heavy atom. The summed E-state index contributed by atoms with van der Waals surface area (Å²) in [6.07, 6.45) is -1.44. The molecule has 2 aliphatic heterocycles. The van der Waals surface area contributed by atoms with Crippen LogP contribution in [0.2, 0.25) is 0 Å². The number of aromatic carboxylic acids is 1. The number of fused-ring (bicyclic) bond motifs is 3. The van der Waals surface area contributed by atoms with Gasteiger partial charge in [-0.2, -0.15) is 8.62 Å². The van der Waals surface area contributed by atoms with Gasteiger partial charge in [-0.25, -0.2) is 33.4 Å². The predicted molar refractivity (Wildman–Crippen MR) is 247 cm³/mol. The maximum atomic E-state index is 13.4. The molecule has 27 nitrogen and oxygen atoms in total. The number of carboxylic acid groups (broad SMARTS) is 1. The van der Waals surface area contributed by atoms with Crippen LogP contribution in [-0.2, 0) is 31.6 Å². The fourth-order valence-corrected chi connectivity index (χ4v) is 10.7. The monoisotopic (exact) mass is 1050 g/mol. The molecule has 2 aromatic heterocycles. The van der Waals surface area contributed by atoms with Gasteiger partial charge in [-0.15, -0.1) is 0 Å². The number of imidazole rings is 1. The van der Waals surface area contributed by atoms with Crippen LogP contribution in [0.5, 0.6) is 5.75 Å². The lowest BCUT2D eigenvalue weighted by Crippen LogP contribution is -2.26. The topological polar surface area (TPSA) is 405 Å². The summed E-state index contributed by atoms with van der Waals surface area (Å²) in [5.41, 5.74) is 0.961. The van der Waals surface area contributed by atoms with Gasteiger partial charge in [0, 0.05) is 52.3 Å². The zero-order valence-corrected chi connectivity index (χ0v) is 39.2. The minimum atomic E-state index is -5.78. The number of nitrogens with zero attached hydrogens (tertiary/aromatic N) is 5. The average molecular weight is 1050 g/mol. The first-order chi connectivity index (χ1) is 34.0. The number of hydrogen-bond acceptors (Lipinski definition) is 19. The molecular formula is C42H36N7O20P3. The number of amides is 1. The number of hydrogen-bond donors (Lipinski definition) is 9. The lowest BCUT2D eigenvalue weighted by Gasteiger charge is -2.19. The summed E-state index contributed by atoms with van der Waals surface area (Å²) in [5, 5.41) is 49.3. The van der Waals surface area contributed by atoms with Crippen LogP contribution in [0, 0.1) is 22.0 Å². The predicted octanol–water partition coefficient (Wildman–Crippen LogP) is 4.96. The van der Waals surface area contributed by atoms with E-state index in [1.54, 1.807) is 6.92 Å². The van der Waals surface area contributed by atoms with E-state index < -0.39 is 71.4 Å². The van der Waals surface area contributed by atoms with Gasteiger partial charge < -0.3 is 54.7 Å². The number of nitro groups is 1. The molecule has 0 saturated carbocycles. The Balaban J connectivity index is 0.937. The summed E-state index contributed by atoms with van der Waals surface area (Å²) in [7, 11) is -16.9. The van der Waals surface area contributed by atoms with Gasteiger partial charge in [0.1, 0.15) is 35.8 Å². The third-order valence-corrected chi connectivity index (χ3v) is 14.6. The number of phosphoric ester groups is 1. The second kappa shape index (κ2) is 20.1. The highest BCUT2D eigenvalue weighted by atomic mass is 31.3. The van der Waals surface area contributed by atoms with Gasteiger partial charge in [-0.05, 0) is 67.1 Å². The van der Waals surface area contributed by atoms with Crippen LogP contribution >= 0.6 is 23.5 Å². The zero-order chi connectivity index (χ0) is 51.9. The molecule has 0 bridgehead atoms. The Bertz CT molecular complexity index is 3570. The smallest absolute Gasteiger partial charge is 0.490 e. The number of aromatic nitrogens is 4. The number of aliphatic hydroxyl groups excluding tert-OH is 1. The Kier molecular flexibility index (Phi) is 14.3. The molecule has 0 radical (unpaired) electrons. The number of carboxylic acids is 1. The fourth-order valence-electron chi connectivity index (χ4n) is 7.70. The van der Waals surface area contributed by atoms with Gasteiger partial charge in [0.05, 0.1) is 47.7 Å². The normalized spacial score (nSPS) is 17.9. The van der Waals surface area contributed by atoms with E-state index in [-0.39, 0.29) is 86.0 Å². The number of phenolic OH excluding ortho intramolecular Hbond substituents is 1.